The minimum Gasteiger partial charge on any atom is -0.272 e. The molecule has 0 aliphatic carbocycles. The zero-order valence-electron chi connectivity index (χ0n) is 13.9. The average Bonchev–Trinajstić information content (AvgIpc) is 3.09. The van der Waals surface area contributed by atoms with Crippen molar-refractivity contribution in [2.75, 3.05) is 0 Å². The first kappa shape index (κ1) is 16.6. The third-order valence-corrected chi connectivity index (χ3v) is 3.87. The molecule has 1 aromatic heterocycles. The van der Waals surface area contributed by atoms with E-state index >= 15 is 0 Å². The Hall–Kier alpha value is -3.28. The fourth-order valence-electron chi connectivity index (χ4n) is 2.26. The van der Waals surface area contributed by atoms with Crippen molar-refractivity contribution in [3.8, 4) is 11.3 Å². The number of carbonyl (C=O) groups excluding carboxylic acids is 1. The normalized spacial score (nSPS) is 11.0. The van der Waals surface area contributed by atoms with Crippen molar-refractivity contribution in [2.24, 2.45) is 5.10 Å². The van der Waals surface area contributed by atoms with Crippen molar-refractivity contribution in [2.45, 2.75) is 13.8 Å². The summed E-state index contributed by atoms with van der Waals surface area (Å²) in [6.45, 7) is 4.07. The summed E-state index contributed by atoms with van der Waals surface area (Å²) in [5, 5.41) is 10.7. The molecule has 0 radical (unpaired) electrons. The summed E-state index contributed by atoms with van der Waals surface area (Å²) >= 11 is 0. The highest BCUT2D eigenvalue weighted by molar-refractivity contribution is 5.94. The van der Waals surface area contributed by atoms with Gasteiger partial charge < -0.3 is 0 Å². The van der Waals surface area contributed by atoms with Gasteiger partial charge in [-0.15, -0.1) is 0 Å². The van der Waals surface area contributed by atoms with Gasteiger partial charge in [0.05, 0.1) is 11.9 Å². The molecule has 1 heterocycles. The Morgan fingerprint density at radius 3 is 2.60 bits per heavy atom. The number of hydrogen-bond donors (Lipinski definition) is 2. The van der Waals surface area contributed by atoms with E-state index in [0.717, 1.165) is 11.1 Å². The van der Waals surface area contributed by atoms with Crippen LogP contribution in [0, 0.1) is 19.7 Å². The summed E-state index contributed by atoms with van der Waals surface area (Å²) in [6, 6.07) is 13.5. The topological polar surface area (TPSA) is 70.1 Å². The van der Waals surface area contributed by atoms with Crippen molar-refractivity contribution in [3.63, 3.8) is 0 Å². The van der Waals surface area contributed by atoms with Crippen molar-refractivity contribution in [3.05, 3.63) is 76.7 Å². The number of aromatic nitrogens is 2. The lowest BCUT2D eigenvalue weighted by Crippen LogP contribution is -2.17. The van der Waals surface area contributed by atoms with E-state index in [-0.39, 0.29) is 5.82 Å². The Bertz CT molecular complexity index is 929. The van der Waals surface area contributed by atoms with Crippen molar-refractivity contribution >= 4 is 12.1 Å². The summed E-state index contributed by atoms with van der Waals surface area (Å²) in [5.74, 6) is -0.724. The van der Waals surface area contributed by atoms with Crippen LogP contribution in [0.1, 0.15) is 27.2 Å². The highest BCUT2D eigenvalue weighted by atomic mass is 19.1. The molecule has 126 valence electrons. The first-order valence-corrected chi connectivity index (χ1v) is 7.75. The van der Waals surface area contributed by atoms with Crippen LogP contribution >= 0.6 is 0 Å². The number of carbonyl (C=O) groups is 1. The van der Waals surface area contributed by atoms with Crippen molar-refractivity contribution in [1.29, 1.82) is 0 Å². The van der Waals surface area contributed by atoms with Crippen LogP contribution in [-0.2, 0) is 0 Å². The maximum absolute atomic E-state index is 12.8. The van der Waals surface area contributed by atoms with Crippen LogP contribution in [0.15, 0.2) is 53.6 Å². The van der Waals surface area contributed by atoms with Gasteiger partial charge in [0.1, 0.15) is 11.5 Å². The van der Waals surface area contributed by atoms with Crippen LogP contribution in [-0.4, -0.2) is 22.3 Å². The second kappa shape index (κ2) is 7.09. The number of nitrogens with one attached hydrogen (secondary N) is 2. The molecule has 0 fully saturated rings. The van der Waals surface area contributed by atoms with E-state index in [4.69, 9.17) is 0 Å². The Labute approximate surface area is 144 Å². The molecule has 0 saturated carbocycles. The monoisotopic (exact) mass is 336 g/mol. The number of amides is 1. The molecular weight excluding hydrogens is 319 g/mol. The van der Waals surface area contributed by atoms with Crippen LogP contribution in [0.2, 0.25) is 0 Å². The summed E-state index contributed by atoms with van der Waals surface area (Å²) < 4.78 is 12.8. The zero-order chi connectivity index (χ0) is 17.8. The van der Waals surface area contributed by atoms with Gasteiger partial charge in [0.15, 0.2) is 0 Å². The molecule has 0 aliphatic rings. The summed E-state index contributed by atoms with van der Waals surface area (Å²) in [6.07, 6.45) is 1.44. The Morgan fingerprint density at radius 1 is 1.12 bits per heavy atom. The highest BCUT2D eigenvalue weighted by Gasteiger charge is 2.10. The molecule has 3 aromatic rings. The molecule has 0 aliphatic heterocycles. The van der Waals surface area contributed by atoms with Gasteiger partial charge in [-0.2, -0.15) is 10.2 Å². The molecule has 0 atom stereocenters. The molecule has 5 nitrogen and oxygen atoms in total. The van der Waals surface area contributed by atoms with E-state index in [1.165, 1.54) is 23.9 Å². The summed E-state index contributed by atoms with van der Waals surface area (Å²) in [7, 11) is 0. The number of nitrogens with zero attached hydrogens (tertiary/aromatic N) is 2. The first-order valence-electron chi connectivity index (χ1n) is 7.75. The molecular formula is C19H17FN4O. The molecule has 2 aromatic carbocycles. The molecule has 0 unspecified atom stereocenters. The number of H-pyrrole nitrogens is 1. The van der Waals surface area contributed by atoms with E-state index < -0.39 is 5.91 Å². The lowest BCUT2D eigenvalue weighted by Gasteiger charge is -2.01. The van der Waals surface area contributed by atoms with Gasteiger partial charge in [-0.1, -0.05) is 24.3 Å². The molecule has 25 heavy (non-hydrogen) atoms. The van der Waals surface area contributed by atoms with E-state index in [1.54, 1.807) is 18.2 Å². The van der Waals surface area contributed by atoms with E-state index in [2.05, 4.69) is 20.7 Å². The number of rotatable bonds is 4. The van der Waals surface area contributed by atoms with Crippen molar-refractivity contribution in [1.82, 2.24) is 15.6 Å². The van der Waals surface area contributed by atoms with Crippen LogP contribution in [0.4, 0.5) is 4.39 Å². The van der Waals surface area contributed by atoms with E-state index in [1.807, 2.05) is 32.0 Å². The van der Waals surface area contributed by atoms with Gasteiger partial charge >= 0.3 is 0 Å². The zero-order valence-corrected chi connectivity index (χ0v) is 13.9. The molecule has 0 bridgehead atoms. The van der Waals surface area contributed by atoms with Gasteiger partial charge in [-0.25, -0.2) is 9.82 Å². The standard InChI is InChI=1S/C19H17FN4O/c1-12-3-6-15(9-13(12)2)17-10-18(23-22-17)19(25)24-21-11-14-4-7-16(20)8-5-14/h3-11H,1-2H3,(H,22,23)(H,24,25)/b21-11-. The maximum Gasteiger partial charge on any atom is 0.289 e. The largest absolute Gasteiger partial charge is 0.289 e. The smallest absolute Gasteiger partial charge is 0.272 e. The van der Waals surface area contributed by atoms with Gasteiger partial charge in [0, 0.05) is 5.56 Å². The van der Waals surface area contributed by atoms with Gasteiger partial charge in [0.25, 0.3) is 5.91 Å². The molecule has 1 amide bonds. The number of hydrogen-bond acceptors (Lipinski definition) is 3. The predicted molar refractivity (Wildman–Crippen MR) is 95.0 cm³/mol. The number of aryl methyl sites for hydroxylation is 2. The van der Waals surface area contributed by atoms with Gasteiger partial charge in [-0.3, -0.25) is 9.89 Å². The fraction of sp³-hybridized carbons (Fsp3) is 0.105. The first-order chi connectivity index (χ1) is 12.0. The number of benzene rings is 2. The minimum absolute atomic E-state index is 0.310. The third kappa shape index (κ3) is 3.98. The Kier molecular flexibility index (Phi) is 4.70. The maximum atomic E-state index is 12.8. The number of hydrazone groups is 1. The van der Waals surface area contributed by atoms with Crippen LogP contribution in [0.25, 0.3) is 11.3 Å². The SMILES string of the molecule is Cc1ccc(-c2cc(C(=O)N/N=C\c3ccc(F)cc3)[nH]n2)cc1C. The van der Waals surface area contributed by atoms with E-state index in [9.17, 15) is 9.18 Å². The number of halogens is 1. The van der Waals surface area contributed by atoms with Crippen LogP contribution < -0.4 is 5.43 Å². The molecule has 6 heteroatoms. The molecule has 2 N–H and O–H groups in total. The molecule has 3 rings (SSSR count). The Balaban J connectivity index is 1.68. The van der Waals surface area contributed by atoms with Crippen LogP contribution in [0.3, 0.4) is 0 Å². The summed E-state index contributed by atoms with van der Waals surface area (Å²) in [4.78, 5) is 12.1. The summed E-state index contributed by atoms with van der Waals surface area (Å²) in [5.41, 5.74) is 7.40. The number of aromatic amines is 1. The van der Waals surface area contributed by atoms with Crippen LogP contribution in [0.5, 0.6) is 0 Å². The fourth-order valence-corrected chi connectivity index (χ4v) is 2.26. The second-order valence-electron chi connectivity index (χ2n) is 5.72. The van der Waals surface area contributed by atoms with E-state index in [0.29, 0.717) is 17.0 Å². The lowest BCUT2D eigenvalue weighted by atomic mass is 10.0. The molecule has 0 saturated heterocycles. The van der Waals surface area contributed by atoms with Crippen molar-refractivity contribution < 1.29 is 9.18 Å². The average molecular weight is 336 g/mol. The highest BCUT2D eigenvalue weighted by Crippen LogP contribution is 2.20. The Morgan fingerprint density at radius 2 is 1.88 bits per heavy atom. The minimum atomic E-state index is -0.402. The third-order valence-electron chi connectivity index (χ3n) is 3.87. The molecule has 0 spiro atoms. The van der Waals surface area contributed by atoms with Gasteiger partial charge in [0.2, 0.25) is 0 Å². The van der Waals surface area contributed by atoms with Gasteiger partial charge in [-0.05, 0) is 54.8 Å². The quantitative estimate of drug-likeness (QED) is 0.564. The second-order valence-corrected chi connectivity index (χ2v) is 5.72. The lowest BCUT2D eigenvalue weighted by molar-refractivity contribution is 0.0950. The predicted octanol–water partition coefficient (Wildman–Crippen LogP) is 3.60.